The first-order valence-corrected chi connectivity index (χ1v) is 8.27. The molecule has 0 unspecified atom stereocenters. The van der Waals surface area contributed by atoms with Gasteiger partial charge in [-0.2, -0.15) is 5.10 Å². The second-order valence-corrected chi connectivity index (χ2v) is 6.09. The highest BCUT2D eigenvalue weighted by molar-refractivity contribution is 6.03. The van der Waals surface area contributed by atoms with Crippen LogP contribution in [0.15, 0.2) is 53.6 Å². The SMILES string of the molecule is O=C1NC[C@@H](c2ccccc2)[C@H]1C(=O)N/N=C/c1ccc2c(c1)OCO2. The van der Waals surface area contributed by atoms with Crippen molar-refractivity contribution in [3.05, 3.63) is 59.7 Å². The molecule has 7 nitrogen and oxygen atoms in total. The maximum Gasteiger partial charge on any atom is 0.253 e. The lowest BCUT2D eigenvalue weighted by atomic mass is 9.88. The van der Waals surface area contributed by atoms with Crippen LogP contribution < -0.4 is 20.2 Å². The van der Waals surface area contributed by atoms with E-state index in [1.54, 1.807) is 18.2 Å². The van der Waals surface area contributed by atoms with Crippen LogP contribution in [0.4, 0.5) is 0 Å². The summed E-state index contributed by atoms with van der Waals surface area (Å²) >= 11 is 0. The fraction of sp³-hybridized carbons (Fsp3) is 0.211. The van der Waals surface area contributed by atoms with E-state index in [4.69, 9.17) is 9.47 Å². The second kappa shape index (κ2) is 6.87. The summed E-state index contributed by atoms with van der Waals surface area (Å²) in [5, 5.41) is 6.73. The van der Waals surface area contributed by atoms with Crippen LogP contribution in [0.5, 0.6) is 11.5 Å². The number of hydrazone groups is 1. The lowest BCUT2D eigenvalue weighted by Gasteiger charge is -2.15. The van der Waals surface area contributed by atoms with Crippen molar-refractivity contribution < 1.29 is 19.1 Å². The largest absolute Gasteiger partial charge is 0.454 e. The van der Waals surface area contributed by atoms with Crippen molar-refractivity contribution in [2.75, 3.05) is 13.3 Å². The Kier molecular flexibility index (Phi) is 4.27. The van der Waals surface area contributed by atoms with Crippen molar-refractivity contribution in [1.29, 1.82) is 0 Å². The molecule has 2 aromatic rings. The third-order valence-corrected chi connectivity index (χ3v) is 4.48. The number of benzene rings is 2. The molecule has 2 atom stereocenters. The van der Waals surface area contributed by atoms with E-state index in [1.807, 2.05) is 30.3 Å². The van der Waals surface area contributed by atoms with Gasteiger partial charge in [0.05, 0.1) is 6.21 Å². The summed E-state index contributed by atoms with van der Waals surface area (Å²) in [5.41, 5.74) is 4.17. The molecule has 2 aliphatic heterocycles. The minimum Gasteiger partial charge on any atom is -0.454 e. The summed E-state index contributed by atoms with van der Waals surface area (Å²) in [4.78, 5) is 24.6. The molecule has 0 aromatic heterocycles. The van der Waals surface area contributed by atoms with Crippen LogP contribution in [0.25, 0.3) is 0 Å². The first-order valence-electron chi connectivity index (χ1n) is 8.27. The summed E-state index contributed by atoms with van der Waals surface area (Å²) in [6.45, 7) is 0.636. The maximum absolute atomic E-state index is 12.5. The average molecular weight is 351 g/mol. The first kappa shape index (κ1) is 16.1. The number of hydrogen-bond donors (Lipinski definition) is 2. The molecule has 2 heterocycles. The van der Waals surface area contributed by atoms with Crippen molar-refractivity contribution in [3.63, 3.8) is 0 Å². The molecule has 7 heteroatoms. The van der Waals surface area contributed by atoms with Gasteiger partial charge >= 0.3 is 0 Å². The molecule has 132 valence electrons. The number of nitrogens with zero attached hydrogens (tertiary/aromatic N) is 1. The Morgan fingerprint density at radius 2 is 1.96 bits per heavy atom. The average Bonchev–Trinajstić information content (AvgIpc) is 3.28. The smallest absolute Gasteiger partial charge is 0.253 e. The third kappa shape index (κ3) is 3.11. The van der Waals surface area contributed by atoms with Crippen LogP contribution in [0.2, 0.25) is 0 Å². The van der Waals surface area contributed by atoms with Gasteiger partial charge < -0.3 is 14.8 Å². The summed E-state index contributed by atoms with van der Waals surface area (Å²) in [6, 6.07) is 14.9. The van der Waals surface area contributed by atoms with Gasteiger partial charge in [-0.1, -0.05) is 30.3 Å². The number of amides is 2. The zero-order chi connectivity index (χ0) is 17.9. The molecule has 0 spiro atoms. The zero-order valence-corrected chi connectivity index (χ0v) is 13.8. The van der Waals surface area contributed by atoms with Gasteiger partial charge in [0.25, 0.3) is 5.91 Å². The number of hydrogen-bond acceptors (Lipinski definition) is 5. The fourth-order valence-electron chi connectivity index (χ4n) is 3.17. The molecule has 26 heavy (non-hydrogen) atoms. The molecule has 2 aromatic carbocycles. The fourth-order valence-corrected chi connectivity index (χ4v) is 3.17. The van der Waals surface area contributed by atoms with Crippen LogP contribution in [-0.4, -0.2) is 31.4 Å². The maximum atomic E-state index is 12.5. The highest BCUT2D eigenvalue weighted by atomic mass is 16.7. The van der Waals surface area contributed by atoms with Crippen molar-refractivity contribution in [3.8, 4) is 11.5 Å². The van der Waals surface area contributed by atoms with E-state index < -0.39 is 11.8 Å². The quantitative estimate of drug-likeness (QED) is 0.495. The molecule has 0 aliphatic carbocycles. The molecule has 0 radical (unpaired) electrons. The normalized spacial score (nSPS) is 21.0. The number of fused-ring (bicyclic) bond motifs is 1. The van der Waals surface area contributed by atoms with Gasteiger partial charge in [-0.3, -0.25) is 9.59 Å². The Hall–Kier alpha value is -3.35. The van der Waals surface area contributed by atoms with E-state index >= 15 is 0 Å². The van der Waals surface area contributed by atoms with E-state index in [0.29, 0.717) is 18.0 Å². The number of ether oxygens (including phenoxy) is 2. The monoisotopic (exact) mass is 351 g/mol. The number of nitrogens with one attached hydrogen (secondary N) is 2. The lowest BCUT2D eigenvalue weighted by molar-refractivity contribution is -0.133. The second-order valence-electron chi connectivity index (χ2n) is 6.09. The predicted molar refractivity (Wildman–Crippen MR) is 94.0 cm³/mol. The van der Waals surface area contributed by atoms with Gasteiger partial charge in [0.15, 0.2) is 11.5 Å². The topological polar surface area (TPSA) is 89.0 Å². The molecular formula is C19H17N3O4. The minimum atomic E-state index is -0.800. The van der Waals surface area contributed by atoms with E-state index in [0.717, 1.165) is 11.1 Å². The van der Waals surface area contributed by atoms with Gasteiger partial charge in [-0.05, 0) is 29.3 Å². The molecule has 2 aliphatic rings. The van der Waals surface area contributed by atoms with Gasteiger partial charge in [0.2, 0.25) is 12.7 Å². The lowest BCUT2D eigenvalue weighted by Crippen LogP contribution is -2.34. The molecule has 4 rings (SSSR count). The molecule has 1 fully saturated rings. The Labute approximate surface area is 150 Å². The standard InChI is InChI=1S/C19H17N3O4/c23-18-17(14(10-20-18)13-4-2-1-3-5-13)19(24)22-21-9-12-6-7-15-16(8-12)26-11-25-15/h1-9,14,17H,10-11H2,(H,20,23)(H,22,24)/b21-9+/t14-,17+/m0/s1. The van der Waals surface area contributed by atoms with Crippen molar-refractivity contribution in [2.45, 2.75) is 5.92 Å². The van der Waals surface area contributed by atoms with Crippen LogP contribution in [0, 0.1) is 5.92 Å². The number of rotatable bonds is 4. The van der Waals surface area contributed by atoms with Crippen LogP contribution in [0.3, 0.4) is 0 Å². The first-order chi connectivity index (χ1) is 12.7. The summed E-state index contributed by atoms with van der Waals surface area (Å²) in [7, 11) is 0. The molecule has 1 saturated heterocycles. The highest BCUT2D eigenvalue weighted by Gasteiger charge is 2.40. The summed E-state index contributed by atoms with van der Waals surface area (Å²) in [5.74, 6) is -0.393. The molecule has 2 amide bonds. The molecule has 2 N–H and O–H groups in total. The number of carbonyl (C=O) groups excluding carboxylic acids is 2. The molecule has 0 bridgehead atoms. The van der Waals surface area contributed by atoms with Crippen LogP contribution in [-0.2, 0) is 9.59 Å². The minimum absolute atomic E-state index is 0.199. The van der Waals surface area contributed by atoms with Crippen LogP contribution >= 0.6 is 0 Å². The number of carbonyl (C=O) groups is 2. The predicted octanol–water partition coefficient (Wildman–Crippen LogP) is 1.40. The van der Waals surface area contributed by atoms with Gasteiger partial charge in [-0.15, -0.1) is 0 Å². The van der Waals surface area contributed by atoms with E-state index in [9.17, 15) is 9.59 Å². The van der Waals surface area contributed by atoms with Crippen molar-refractivity contribution in [1.82, 2.24) is 10.7 Å². The summed E-state index contributed by atoms with van der Waals surface area (Å²) < 4.78 is 10.5. The van der Waals surface area contributed by atoms with E-state index in [-0.39, 0.29) is 18.6 Å². The van der Waals surface area contributed by atoms with E-state index in [2.05, 4.69) is 15.8 Å². The Morgan fingerprint density at radius 3 is 2.81 bits per heavy atom. The van der Waals surface area contributed by atoms with Crippen molar-refractivity contribution >= 4 is 18.0 Å². The highest BCUT2D eigenvalue weighted by Crippen LogP contribution is 2.32. The molecule has 0 saturated carbocycles. The Bertz CT molecular complexity index is 866. The van der Waals surface area contributed by atoms with Crippen LogP contribution in [0.1, 0.15) is 17.0 Å². The van der Waals surface area contributed by atoms with Gasteiger partial charge in [0.1, 0.15) is 5.92 Å². The van der Waals surface area contributed by atoms with Gasteiger partial charge in [0, 0.05) is 12.5 Å². The van der Waals surface area contributed by atoms with Crippen molar-refractivity contribution in [2.24, 2.45) is 11.0 Å². The Balaban J connectivity index is 1.44. The zero-order valence-electron chi connectivity index (χ0n) is 13.8. The third-order valence-electron chi connectivity index (χ3n) is 4.48. The molecular weight excluding hydrogens is 334 g/mol. The van der Waals surface area contributed by atoms with Gasteiger partial charge in [-0.25, -0.2) is 5.43 Å². The van der Waals surface area contributed by atoms with E-state index in [1.165, 1.54) is 6.21 Å². The summed E-state index contributed by atoms with van der Waals surface area (Å²) in [6.07, 6.45) is 1.50. The Morgan fingerprint density at radius 1 is 1.15 bits per heavy atom.